The van der Waals surface area contributed by atoms with Gasteiger partial charge in [0.15, 0.2) is 5.60 Å². The standard InChI is InChI=1S/C16H21IO4/c1-5-6-16(4,20)15(19)21-14(18)9-13-10(2)7-12(17)8-11(13)3/h7-8,20H,5-6,9H2,1-4H3. The summed E-state index contributed by atoms with van der Waals surface area (Å²) in [5.74, 6) is -1.51. The normalized spacial score (nSPS) is 13.6. The molecule has 0 spiro atoms. The zero-order valence-corrected chi connectivity index (χ0v) is 15.0. The average molecular weight is 404 g/mol. The van der Waals surface area contributed by atoms with Crippen molar-refractivity contribution in [3.63, 3.8) is 0 Å². The number of halogens is 1. The summed E-state index contributed by atoms with van der Waals surface area (Å²) in [6, 6.07) is 3.95. The van der Waals surface area contributed by atoms with Gasteiger partial charge in [0.2, 0.25) is 0 Å². The van der Waals surface area contributed by atoms with Gasteiger partial charge in [-0.1, -0.05) is 13.3 Å². The number of ether oxygens (including phenoxy) is 1. The summed E-state index contributed by atoms with van der Waals surface area (Å²) in [4.78, 5) is 23.7. The first-order valence-corrected chi connectivity index (χ1v) is 7.98. The first-order chi connectivity index (χ1) is 9.67. The Labute approximate surface area is 139 Å². The Morgan fingerprint density at radius 3 is 2.29 bits per heavy atom. The lowest BCUT2D eigenvalue weighted by atomic mass is 10.00. The number of carbonyl (C=O) groups is 2. The number of esters is 2. The lowest BCUT2D eigenvalue weighted by Gasteiger charge is -2.19. The second-order valence-corrected chi connectivity index (χ2v) is 6.73. The smallest absolute Gasteiger partial charge is 0.345 e. The number of rotatable bonds is 5. The zero-order valence-electron chi connectivity index (χ0n) is 12.8. The Balaban J connectivity index is 2.77. The minimum Gasteiger partial charge on any atom is -0.391 e. The van der Waals surface area contributed by atoms with E-state index in [1.807, 2.05) is 32.9 Å². The minimum atomic E-state index is -1.61. The van der Waals surface area contributed by atoms with E-state index in [0.29, 0.717) is 6.42 Å². The van der Waals surface area contributed by atoms with E-state index in [9.17, 15) is 14.7 Å². The first kappa shape index (κ1) is 18.1. The molecule has 0 radical (unpaired) electrons. The molecule has 0 heterocycles. The number of hydrogen-bond donors (Lipinski definition) is 1. The largest absolute Gasteiger partial charge is 0.391 e. The highest BCUT2D eigenvalue weighted by Crippen LogP contribution is 2.20. The molecular weight excluding hydrogens is 383 g/mol. The Morgan fingerprint density at radius 1 is 1.29 bits per heavy atom. The topological polar surface area (TPSA) is 63.6 Å². The van der Waals surface area contributed by atoms with E-state index in [-0.39, 0.29) is 12.8 Å². The molecule has 116 valence electrons. The molecule has 0 amide bonds. The first-order valence-electron chi connectivity index (χ1n) is 6.90. The molecule has 0 saturated carbocycles. The van der Waals surface area contributed by atoms with Gasteiger partial charge in [-0.05, 0) is 78.6 Å². The third-order valence-electron chi connectivity index (χ3n) is 3.37. The van der Waals surface area contributed by atoms with Gasteiger partial charge in [0.25, 0.3) is 0 Å². The molecule has 0 saturated heterocycles. The Morgan fingerprint density at radius 2 is 1.81 bits per heavy atom. The molecular formula is C16H21IO4. The molecule has 1 aromatic carbocycles. The van der Waals surface area contributed by atoms with E-state index in [2.05, 4.69) is 22.6 Å². The monoisotopic (exact) mass is 404 g/mol. The number of hydrogen-bond acceptors (Lipinski definition) is 4. The number of carbonyl (C=O) groups excluding carboxylic acids is 2. The van der Waals surface area contributed by atoms with Gasteiger partial charge in [-0.25, -0.2) is 4.79 Å². The molecule has 0 aliphatic rings. The number of aryl methyl sites for hydroxylation is 2. The summed E-state index contributed by atoms with van der Waals surface area (Å²) in [6.07, 6.45) is 0.925. The molecule has 1 atom stereocenters. The van der Waals surface area contributed by atoms with Crippen LogP contribution in [-0.2, 0) is 20.7 Å². The molecule has 0 bridgehead atoms. The lowest BCUT2D eigenvalue weighted by molar-refractivity contribution is -0.173. The molecule has 21 heavy (non-hydrogen) atoms. The van der Waals surface area contributed by atoms with Gasteiger partial charge in [-0.2, -0.15) is 0 Å². The van der Waals surface area contributed by atoms with E-state index < -0.39 is 17.5 Å². The van der Waals surface area contributed by atoms with Crippen LogP contribution in [0.5, 0.6) is 0 Å². The fourth-order valence-electron chi connectivity index (χ4n) is 2.20. The quantitative estimate of drug-likeness (QED) is 0.466. The van der Waals surface area contributed by atoms with Crippen molar-refractivity contribution < 1.29 is 19.4 Å². The van der Waals surface area contributed by atoms with Gasteiger partial charge >= 0.3 is 11.9 Å². The van der Waals surface area contributed by atoms with Crippen LogP contribution in [0.15, 0.2) is 12.1 Å². The van der Waals surface area contributed by atoms with Crippen LogP contribution in [0.2, 0.25) is 0 Å². The Bertz CT molecular complexity index is 526. The van der Waals surface area contributed by atoms with Crippen LogP contribution < -0.4 is 0 Å². The van der Waals surface area contributed by atoms with Crippen molar-refractivity contribution in [1.82, 2.24) is 0 Å². The van der Waals surface area contributed by atoms with Crippen molar-refractivity contribution in [2.75, 3.05) is 0 Å². The summed E-state index contributed by atoms with van der Waals surface area (Å²) >= 11 is 2.22. The molecule has 5 heteroatoms. The van der Waals surface area contributed by atoms with Crippen LogP contribution in [0.25, 0.3) is 0 Å². The SMILES string of the molecule is CCCC(C)(O)C(=O)OC(=O)Cc1c(C)cc(I)cc1C. The van der Waals surface area contributed by atoms with Crippen LogP contribution in [0, 0.1) is 17.4 Å². The molecule has 0 aliphatic carbocycles. The van der Waals surface area contributed by atoms with E-state index in [1.165, 1.54) is 6.92 Å². The van der Waals surface area contributed by atoms with Crippen molar-refractivity contribution in [3.05, 3.63) is 32.4 Å². The summed E-state index contributed by atoms with van der Waals surface area (Å²) < 4.78 is 5.88. The van der Waals surface area contributed by atoms with Gasteiger partial charge in [0, 0.05) is 3.57 Å². The maximum absolute atomic E-state index is 11.9. The molecule has 0 aromatic heterocycles. The molecule has 1 aromatic rings. The van der Waals surface area contributed by atoms with Gasteiger partial charge in [-0.15, -0.1) is 0 Å². The highest BCUT2D eigenvalue weighted by molar-refractivity contribution is 14.1. The predicted octanol–water partition coefficient (Wildman–Crippen LogP) is 3.07. The van der Waals surface area contributed by atoms with Gasteiger partial charge in [-0.3, -0.25) is 4.79 Å². The maximum Gasteiger partial charge on any atom is 0.345 e. The van der Waals surface area contributed by atoms with Crippen LogP contribution in [0.3, 0.4) is 0 Å². The van der Waals surface area contributed by atoms with Crippen molar-refractivity contribution in [1.29, 1.82) is 0 Å². The molecule has 0 fully saturated rings. The molecule has 1 unspecified atom stereocenters. The summed E-state index contributed by atoms with van der Waals surface area (Å²) in [5, 5.41) is 9.92. The van der Waals surface area contributed by atoms with Crippen LogP contribution in [-0.4, -0.2) is 22.6 Å². The highest BCUT2D eigenvalue weighted by Gasteiger charge is 2.32. The number of benzene rings is 1. The zero-order chi connectivity index (χ0) is 16.2. The second-order valence-electron chi connectivity index (χ2n) is 5.48. The second kappa shape index (κ2) is 7.35. The summed E-state index contributed by atoms with van der Waals surface area (Å²) in [7, 11) is 0. The van der Waals surface area contributed by atoms with Crippen molar-refractivity contribution in [2.45, 2.75) is 52.6 Å². The molecule has 1 N–H and O–H groups in total. The minimum absolute atomic E-state index is 0.0303. The summed E-state index contributed by atoms with van der Waals surface area (Å²) in [5.41, 5.74) is 1.23. The third kappa shape index (κ3) is 5.07. The van der Waals surface area contributed by atoms with Crippen LogP contribution in [0.1, 0.15) is 43.4 Å². The average Bonchev–Trinajstić information content (AvgIpc) is 2.33. The van der Waals surface area contributed by atoms with Gasteiger partial charge in [0.05, 0.1) is 6.42 Å². The fraction of sp³-hybridized carbons (Fsp3) is 0.500. The fourth-order valence-corrected chi connectivity index (χ4v) is 3.14. The van der Waals surface area contributed by atoms with Crippen molar-refractivity contribution in [3.8, 4) is 0 Å². The third-order valence-corrected chi connectivity index (χ3v) is 3.99. The molecule has 4 nitrogen and oxygen atoms in total. The highest BCUT2D eigenvalue weighted by atomic mass is 127. The van der Waals surface area contributed by atoms with Gasteiger partial charge < -0.3 is 9.84 Å². The molecule has 1 rings (SSSR count). The van der Waals surface area contributed by atoms with Gasteiger partial charge in [0.1, 0.15) is 0 Å². The predicted molar refractivity (Wildman–Crippen MR) is 89.0 cm³/mol. The van der Waals surface area contributed by atoms with E-state index in [4.69, 9.17) is 4.74 Å². The Hall–Kier alpha value is -0.950. The lowest BCUT2D eigenvalue weighted by Crippen LogP contribution is -2.38. The number of aliphatic hydroxyl groups is 1. The van der Waals surface area contributed by atoms with Crippen molar-refractivity contribution >= 4 is 34.5 Å². The van der Waals surface area contributed by atoms with Crippen molar-refractivity contribution in [2.24, 2.45) is 0 Å². The van der Waals surface area contributed by atoms with E-state index >= 15 is 0 Å². The van der Waals surface area contributed by atoms with Crippen LogP contribution >= 0.6 is 22.6 Å². The maximum atomic E-state index is 11.9. The Kier molecular flexibility index (Phi) is 6.34. The van der Waals surface area contributed by atoms with Crippen LogP contribution in [0.4, 0.5) is 0 Å². The van der Waals surface area contributed by atoms with E-state index in [1.54, 1.807) is 0 Å². The van der Waals surface area contributed by atoms with E-state index in [0.717, 1.165) is 20.3 Å². The summed E-state index contributed by atoms with van der Waals surface area (Å²) in [6.45, 7) is 7.06. The molecule has 0 aliphatic heterocycles.